The number of rotatable bonds is 6. The van der Waals surface area contributed by atoms with Crippen molar-refractivity contribution in [3.05, 3.63) is 106 Å². The monoisotopic (exact) mass is 419 g/mol. The Morgan fingerprint density at radius 3 is 2.26 bits per heavy atom. The second-order valence-electron chi connectivity index (χ2n) is 5.83. The third-order valence-corrected chi connectivity index (χ3v) is 4.27. The van der Waals surface area contributed by atoms with Gasteiger partial charge in [-0.1, -0.05) is 58.4 Å². The second kappa shape index (κ2) is 9.64. The number of aliphatic imine (C=N–C) groups is 1. The molecule has 0 aliphatic rings. The summed E-state index contributed by atoms with van der Waals surface area (Å²) in [7, 11) is 0. The van der Waals surface area contributed by atoms with Gasteiger partial charge in [-0.3, -0.25) is 4.99 Å². The maximum Gasteiger partial charge on any atom is 0.336 e. The molecule has 4 heteroatoms. The topological polar surface area (TPSA) is 38.7 Å². The van der Waals surface area contributed by atoms with Gasteiger partial charge in [0.25, 0.3) is 0 Å². The van der Waals surface area contributed by atoms with E-state index in [0.717, 1.165) is 21.2 Å². The molecule has 0 radical (unpaired) electrons. The van der Waals surface area contributed by atoms with Crippen molar-refractivity contribution in [1.29, 1.82) is 0 Å². The summed E-state index contributed by atoms with van der Waals surface area (Å²) in [5.74, 6) is 0.0871. The van der Waals surface area contributed by atoms with Gasteiger partial charge >= 0.3 is 5.97 Å². The van der Waals surface area contributed by atoms with Crippen LogP contribution in [0.2, 0.25) is 0 Å². The minimum atomic E-state index is -0.414. The first kappa shape index (κ1) is 18.8. The summed E-state index contributed by atoms with van der Waals surface area (Å²) in [5.41, 5.74) is 3.05. The molecule has 0 spiro atoms. The van der Waals surface area contributed by atoms with Gasteiger partial charge in [-0.25, -0.2) is 4.79 Å². The standard InChI is InChI=1S/C23H18BrNO2/c24-21-11-6-18(7-12-21)10-15-23(26)27-22-13-8-20(9-14-22)17-25-16-19-4-2-1-3-5-19/h1-15,17H,16H2/b15-10+,25-17?. The Labute approximate surface area is 167 Å². The van der Waals surface area contributed by atoms with Crippen LogP contribution in [-0.4, -0.2) is 12.2 Å². The van der Waals surface area contributed by atoms with E-state index in [1.807, 2.05) is 72.9 Å². The Hall–Kier alpha value is -2.98. The van der Waals surface area contributed by atoms with Crippen LogP contribution in [0.25, 0.3) is 6.08 Å². The van der Waals surface area contributed by atoms with Crippen LogP contribution in [0.1, 0.15) is 16.7 Å². The molecule has 134 valence electrons. The lowest BCUT2D eigenvalue weighted by Crippen LogP contribution is -2.03. The summed E-state index contributed by atoms with van der Waals surface area (Å²) in [6, 6.07) is 25.0. The van der Waals surface area contributed by atoms with Crippen LogP contribution >= 0.6 is 15.9 Å². The van der Waals surface area contributed by atoms with Crippen LogP contribution in [0.3, 0.4) is 0 Å². The van der Waals surface area contributed by atoms with E-state index in [2.05, 4.69) is 20.9 Å². The normalized spacial score (nSPS) is 11.1. The van der Waals surface area contributed by atoms with Crippen LogP contribution in [0, 0.1) is 0 Å². The molecule has 0 amide bonds. The fourth-order valence-corrected chi connectivity index (χ4v) is 2.61. The first-order chi connectivity index (χ1) is 13.2. The SMILES string of the molecule is O=C(/C=C/c1ccc(Br)cc1)Oc1ccc(C=NCc2ccccc2)cc1. The van der Waals surface area contributed by atoms with E-state index in [-0.39, 0.29) is 0 Å². The van der Waals surface area contributed by atoms with E-state index in [4.69, 9.17) is 4.74 Å². The summed E-state index contributed by atoms with van der Waals surface area (Å²) in [6.07, 6.45) is 4.95. The van der Waals surface area contributed by atoms with Crippen molar-refractivity contribution < 1.29 is 9.53 Å². The number of halogens is 1. The van der Waals surface area contributed by atoms with Gasteiger partial charge in [-0.05, 0) is 59.2 Å². The molecule has 3 aromatic carbocycles. The van der Waals surface area contributed by atoms with Crippen molar-refractivity contribution >= 4 is 34.2 Å². The van der Waals surface area contributed by atoms with Crippen LogP contribution < -0.4 is 4.74 Å². The van der Waals surface area contributed by atoms with Crippen molar-refractivity contribution in [3.8, 4) is 5.75 Å². The number of carbonyl (C=O) groups excluding carboxylic acids is 1. The molecule has 0 bridgehead atoms. The van der Waals surface area contributed by atoms with Gasteiger partial charge in [0, 0.05) is 16.8 Å². The maximum atomic E-state index is 11.9. The van der Waals surface area contributed by atoms with Crippen LogP contribution in [0.4, 0.5) is 0 Å². The van der Waals surface area contributed by atoms with Gasteiger partial charge < -0.3 is 4.74 Å². The molecule has 3 rings (SSSR count). The number of benzene rings is 3. The average Bonchev–Trinajstić information content (AvgIpc) is 2.70. The molecular weight excluding hydrogens is 402 g/mol. The number of nitrogens with zero attached hydrogens (tertiary/aromatic N) is 1. The van der Waals surface area contributed by atoms with Gasteiger partial charge in [0.15, 0.2) is 0 Å². The summed E-state index contributed by atoms with van der Waals surface area (Å²) in [6.45, 7) is 0.637. The van der Waals surface area contributed by atoms with Crippen molar-refractivity contribution in [3.63, 3.8) is 0 Å². The van der Waals surface area contributed by atoms with Gasteiger partial charge in [-0.2, -0.15) is 0 Å². The van der Waals surface area contributed by atoms with E-state index in [1.54, 1.807) is 18.2 Å². The summed E-state index contributed by atoms with van der Waals surface area (Å²) >= 11 is 3.38. The number of ether oxygens (including phenoxy) is 1. The van der Waals surface area contributed by atoms with Crippen molar-refractivity contribution in [2.75, 3.05) is 0 Å². The van der Waals surface area contributed by atoms with Gasteiger partial charge in [0.2, 0.25) is 0 Å². The largest absolute Gasteiger partial charge is 0.423 e. The molecule has 0 aromatic heterocycles. The molecule has 27 heavy (non-hydrogen) atoms. The molecule has 0 atom stereocenters. The molecule has 0 aliphatic carbocycles. The summed E-state index contributed by atoms with van der Waals surface area (Å²) in [4.78, 5) is 16.3. The lowest BCUT2D eigenvalue weighted by molar-refractivity contribution is -0.128. The van der Waals surface area contributed by atoms with Crippen molar-refractivity contribution in [2.45, 2.75) is 6.54 Å². The average molecular weight is 420 g/mol. The maximum absolute atomic E-state index is 11.9. The van der Waals surface area contributed by atoms with E-state index < -0.39 is 5.97 Å². The molecular formula is C23H18BrNO2. The summed E-state index contributed by atoms with van der Waals surface area (Å²) in [5, 5.41) is 0. The van der Waals surface area contributed by atoms with Crippen LogP contribution in [0.15, 0.2) is 94.4 Å². The highest BCUT2D eigenvalue weighted by Crippen LogP contribution is 2.14. The Morgan fingerprint density at radius 2 is 1.56 bits per heavy atom. The summed E-state index contributed by atoms with van der Waals surface area (Å²) < 4.78 is 6.30. The highest BCUT2D eigenvalue weighted by Gasteiger charge is 2.00. The van der Waals surface area contributed by atoms with Crippen molar-refractivity contribution in [1.82, 2.24) is 0 Å². The van der Waals surface area contributed by atoms with Crippen molar-refractivity contribution in [2.24, 2.45) is 4.99 Å². The van der Waals surface area contributed by atoms with Crippen LogP contribution in [-0.2, 0) is 11.3 Å². The molecule has 0 heterocycles. The highest BCUT2D eigenvalue weighted by molar-refractivity contribution is 9.10. The minimum Gasteiger partial charge on any atom is -0.423 e. The Kier molecular flexibility index (Phi) is 6.72. The molecule has 0 saturated heterocycles. The Balaban J connectivity index is 1.52. The number of hydrogen-bond donors (Lipinski definition) is 0. The molecule has 3 aromatic rings. The molecule has 0 N–H and O–H groups in total. The van der Waals surface area contributed by atoms with E-state index in [1.165, 1.54) is 6.08 Å². The first-order valence-corrected chi connectivity index (χ1v) is 9.28. The molecule has 3 nitrogen and oxygen atoms in total. The predicted molar refractivity (Wildman–Crippen MR) is 113 cm³/mol. The first-order valence-electron chi connectivity index (χ1n) is 8.48. The fraction of sp³-hybridized carbons (Fsp3) is 0.0435. The number of carbonyl (C=O) groups is 1. The zero-order valence-electron chi connectivity index (χ0n) is 14.6. The predicted octanol–water partition coefficient (Wildman–Crippen LogP) is 5.69. The zero-order valence-corrected chi connectivity index (χ0v) is 16.2. The Bertz CT molecular complexity index is 930. The fourth-order valence-electron chi connectivity index (χ4n) is 2.35. The van der Waals surface area contributed by atoms with E-state index in [0.29, 0.717) is 12.3 Å². The highest BCUT2D eigenvalue weighted by atomic mass is 79.9. The van der Waals surface area contributed by atoms with Crippen LogP contribution in [0.5, 0.6) is 5.75 Å². The third-order valence-electron chi connectivity index (χ3n) is 3.74. The smallest absolute Gasteiger partial charge is 0.336 e. The van der Waals surface area contributed by atoms with E-state index >= 15 is 0 Å². The molecule has 0 unspecified atom stereocenters. The lowest BCUT2D eigenvalue weighted by atomic mass is 10.2. The van der Waals surface area contributed by atoms with E-state index in [9.17, 15) is 4.79 Å². The molecule has 0 saturated carbocycles. The minimum absolute atomic E-state index is 0.414. The third kappa shape index (κ3) is 6.35. The number of hydrogen-bond acceptors (Lipinski definition) is 3. The molecule has 0 aliphatic heterocycles. The Morgan fingerprint density at radius 1 is 0.889 bits per heavy atom. The van der Waals surface area contributed by atoms with Gasteiger partial charge in [-0.15, -0.1) is 0 Å². The number of esters is 1. The molecule has 0 fully saturated rings. The quantitative estimate of drug-likeness (QED) is 0.223. The van der Waals surface area contributed by atoms with Gasteiger partial charge in [0.05, 0.1) is 6.54 Å². The second-order valence-corrected chi connectivity index (χ2v) is 6.75. The zero-order chi connectivity index (χ0) is 18.9. The van der Waals surface area contributed by atoms with Gasteiger partial charge in [0.1, 0.15) is 5.75 Å². The lowest BCUT2D eigenvalue weighted by Gasteiger charge is -2.02.